The second kappa shape index (κ2) is 17.3. The van der Waals surface area contributed by atoms with Crippen LogP contribution in [0.4, 0.5) is 0 Å². The Bertz CT molecular complexity index is 566. The van der Waals surface area contributed by atoms with Gasteiger partial charge in [0.05, 0.1) is 24.0 Å². The molecule has 0 bridgehead atoms. The first kappa shape index (κ1) is 29.1. The van der Waals surface area contributed by atoms with Crippen molar-refractivity contribution in [1.82, 2.24) is 0 Å². The van der Waals surface area contributed by atoms with E-state index in [4.69, 9.17) is 15.2 Å². The number of unbranched alkanes of at least 4 members (excludes halogenated alkanes) is 11. The standard InChI is InChI=1S/C29H53NO4/c1-3-5-7-9-10-11-12-13-14-18-23(33-26-21-17-16-19-24(26)28(30)31)22-27-25(29(32)34-27)20-15-8-6-4-2/h23-27H,3-22H2,1-2H3,(H2,30,31)/t23-,24+,25-,26?,27-/m0/s1. The summed E-state index contributed by atoms with van der Waals surface area (Å²) in [6.45, 7) is 4.47. The third-order valence-corrected chi connectivity index (χ3v) is 7.95. The molecule has 1 aliphatic heterocycles. The van der Waals surface area contributed by atoms with Gasteiger partial charge in [-0.25, -0.2) is 0 Å². The molecule has 1 saturated heterocycles. The van der Waals surface area contributed by atoms with Crippen molar-refractivity contribution in [3.05, 3.63) is 0 Å². The van der Waals surface area contributed by atoms with Crippen molar-refractivity contribution >= 4 is 11.9 Å². The summed E-state index contributed by atoms with van der Waals surface area (Å²) in [4.78, 5) is 24.1. The number of nitrogens with two attached hydrogens (primary N) is 1. The lowest BCUT2D eigenvalue weighted by Crippen LogP contribution is -2.48. The average molecular weight is 480 g/mol. The van der Waals surface area contributed by atoms with Gasteiger partial charge in [0.2, 0.25) is 5.91 Å². The number of hydrogen-bond acceptors (Lipinski definition) is 4. The molecular weight excluding hydrogens is 426 g/mol. The third kappa shape index (κ3) is 10.7. The second-order valence-electron chi connectivity index (χ2n) is 10.9. The first-order chi connectivity index (χ1) is 16.6. The topological polar surface area (TPSA) is 78.6 Å². The highest BCUT2D eigenvalue weighted by Crippen LogP contribution is 2.35. The summed E-state index contributed by atoms with van der Waals surface area (Å²) in [5.41, 5.74) is 5.70. The summed E-state index contributed by atoms with van der Waals surface area (Å²) in [5.74, 6) is -0.399. The Labute approximate surface area is 209 Å². The van der Waals surface area contributed by atoms with E-state index in [-0.39, 0.29) is 42.0 Å². The van der Waals surface area contributed by atoms with Gasteiger partial charge in [0.25, 0.3) is 0 Å². The normalized spacial score (nSPS) is 25.5. The van der Waals surface area contributed by atoms with E-state index >= 15 is 0 Å². The molecule has 0 aromatic heterocycles. The van der Waals surface area contributed by atoms with Gasteiger partial charge < -0.3 is 15.2 Å². The lowest BCUT2D eigenvalue weighted by Gasteiger charge is -2.39. The van der Waals surface area contributed by atoms with E-state index in [0.717, 1.165) is 57.8 Å². The van der Waals surface area contributed by atoms with E-state index in [1.54, 1.807) is 0 Å². The molecule has 1 saturated carbocycles. The van der Waals surface area contributed by atoms with E-state index < -0.39 is 0 Å². The van der Waals surface area contributed by atoms with Gasteiger partial charge >= 0.3 is 5.97 Å². The molecule has 1 aliphatic carbocycles. The van der Waals surface area contributed by atoms with Gasteiger partial charge in [0.1, 0.15) is 6.10 Å². The summed E-state index contributed by atoms with van der Waals surface area (Å²) in [6, 6.07) is 0. The van der Waals surface area contributed by atoms with Crippen LogP contribution in [0.5, 0.6) is 0 Å². The van der Waals surface area contributed by atoms with Crippen LogP contribution in [-0.2, 0) is 19.1 Å². The van der Waals surface area contributed by atoms with Crippen molar-refractivity contribution in [3.8, 4) is 0 Å². The summed E-state index contributed by atoms with van der Waals surface area (Å²) in [7, 11) is 0. The Balaban J connectivity index is 1.81. The Hall–Kier alpha value is -1.10. The summed E-state index contributed by atoms with van der Waals surface area (Å²) >= 11 is 0. The van der Waals surface area contributed by atoms with Crippen LogP contribution in [0.3, 0.4) is 0 Å². The Morgan fingerprint density at radius 1 is 0.912 bits per heavy atom. The maximum absolute atomic E-state index is 12.1. The van der Waals surface area contributed by atoms with Gasteiger partial charge in [-0.1, -0.05) is 110 Å². The first-order valence-electron chi connectivity index (χ1n) is 14.7. The average Bonchev–Trinajstić information content (AvgIpc) is 2.82. The number of carbonyl (C=O) groups is 2. The highest BCUT2D eigenvalue weighted by molar-refractivity contribution is 5.78. The molecule has 5 atom stereocenters. The zero-order chi connectivity index (χ0) is 24.6. The molecule has 2 aliphatic rings. The molecule has 198 valence electrons. The van der Waals surface area contributed by atoms with Crippen molar-refractivity contribution < 1.29 is 19.1 Å². The molecule has 0 aromatic carbocycles. The summed E-state index contributed by atoms with van der Waals surface area (Å²) < 4.78 is 12.2. The number of rotatable bonds is 20. The smallest absolute Gasteiger partial charge is 0.313 e. The summed E-state index contributed by atoms with van der Waals surface area (Å²) in [6.07, 6.45) is 22.9. The lowest BCUT2D eigenvalue weighted by atomic mass is 9.84. The monoisotopic (exact) mass is 479 g/mol. The van der Waals surface area contributed by atoms with E-state index in [1.165, 1.54) is 70.6 Å². The van der Waals surface area contributed by atoms with Crippen molar-refractivity contribution in [2.45, 2.75) is 161 Å². The molecule has 0 spiro atoms. The predicted molar refractivity (Wildman–Crippen MR) is 138 cm³/mol. The minimum absolute atomic E-state index is 0.0201. The van der Waals surface area contributed by atoms with Crippen molar-refractivity contribution in [2.24, 2.45) is 17.6 Å². The predicted octanol–water partition coefficient (Wildman–Crippen LogP) is 7.24. The van der Waals surface area contributed by atoms with E-state index in [0.29, 0.717) is 0 Å². The fourth-order valence-corrected chi connectivity index (χ4v) is 5.72. The van der Waals surface area contributed by atoms with Gasteiger partial charge in [-0.15, -0.1) is 0 Å². The van der Waals surface area contributed by atoms with Crippen molar-refractivity contribution in [2.75, 3.05) is 0 Å². The Morgan fingerprint density at radius 2 is 1.50 bits per heavy atom. The molecule has 2 N–H and O–H groups in total. The molecule has 2 fully saturated rings. The summed E-state index contributed by atoms with van der Waals surface area (Å²) in [5, 5.41) is 0. The van der Waals surface area contributed by atoms with Crippen LogP contribution in [0.25, 0.3) is 0 Å². The van der Waals surface area contributed by atoms with Crippen LogP contribution in [-0.4, -0.2) is 30.2 Å². The molecule has 34 heavy (non-hydrogen) atoms. The van der Waals surface area contributed by atoms with Gasteiger partial charge in [0, 0.05) is 6.42 Å². The van der Waals surface area contributed by atoms with Crippen LogP contribution >= 0.6 is 0 Å². The van der Waals surface area contributed by atoms with E-state index in [1.807, 2.05) is 0 Å². The lowest BCUT2D eigenvalue weighted by molar-refractivity contribution is -0.191. The fraction of sp³-hybridized carbons (Fsp3) is 0.931. The number of carbonyl (C=O) groups excluding carboxylic acids is 2. The fourth-order valence-electron chi connectivity index (χ4n) is 5.72. The quantitative estimate of drug-likeness (QED) is 0.147. The van der Waals surface area contributed by atoms with Crippen LogP contribution < -0.4 is 5.73 Å². The minimum atomic E-state index is -0.226. The number of hydrogen-bond donors (Lipinski definition) is 1. The van der Waals surface area contributed by atoms with E-state index in [2.05, 4.69) is 13.8 Å². The van der Waals surface area contributed by atoms with E-state index in [9.17, 15) is 9.59 Å². The molecule has 2 rings (SSSR count). The SMILES string of the molecule is CCCCCCCCCCC[C@@H](C[C@@H]1OC(=O)[C@H]1CCCCCC)OC1CCCC[C@H]1C(N)=O. The van der Waals surface area contributed by atoms with Crippen LogP contribution in [0.1, 0.15) is 142 Å². The Kier molecular flexibility index (Phi) is 14.9. The largest absolute Gasteiger partial charge is 0.461 e. The number of esters is 1. The maximum Gasteiger partial charge on any atom is 0.313 e. The van der Waals surface area contributed by atoms with Crippen molar-refractivity contribution in [1.29, 1.82) is 0 Å². The molecule has 1 unspecified atom stereocenters. The highest BCUT2D eigenvalue weighted by Gasteiger charge is 2.43. The molecule has 5 heteroatoms. The molecule has 0 radical (unpaired) electrons. The van der Waals surface area contributed by atoms with Gasteiger partial charge in [-0.05, 0) is 25.7 Å². The molecule has 1 heterocycles. The number of cyclic esters (lactones) is 1. The van der Waals surface area contributed by atoms with Crippen LogP contribution in [0, 0.1) is 11.8 Å². The minimum Gasteiger partial charge on any atom is -0.461 e. The highest BCUT2D eigenvalue weighted by atomic mass is 16.6. The van der Waals surface area contributed by atoms with Crippen LogP contribution in [0.15, 0.2) is 0 Å². The van der Waals surface area contributed by atoms with Gasteiger partial charge in [0.15, 0.2) is 0 Å². The number of amides is 1. The van der Waals surface area contributed by atoms with Crippen molar-refractivity contribution in [3.63, 3.8) is 0 Å². The zero-order valence-electron chi connectivity index (χ0n) is 22.2. The van der Waals surface area contributed by atoms with Crippen LogP contribution in [0.2, 0.25) is 0 Å². The zero-order valence-corrected chi connectivity index (χ0v) is 22.2. The molecule has 0 aromatic rings. The number of ether oxygens (including phenoxy) is 2. The molecule has 5 nitrogen and oxygen atoms in total. The second-order valence-corrected chi connectivity index (χ2v) is 10.9. The first-order valence-corrected chi connectivity index (χ1v) is 14.7. The van der Waals surface area contributed by atoms with Gasteiger partial charge in [-0.2, -0.15) is 0 Å². The maximum atomic E-state index is 12.1. The van der Waals surface area contributed by atoms with Gasteiger partial charge in [-0.3, -0.25) is 9.59 Å². The Morgan fingerprint density at radius 3 is 2.12 bits per heavy atom. The number of primary amides is 1. The third-order valence-electron chi connectivity index (χ3n) is 7.95. The molecule has 1 amide bonds. The molecular formula is C29H53NO4.